The van der Waals surface area contributed by atoms with E-state index in [0.717, 1.165) is 56.4 Å². The van der Waals surface area contributed by atoms with Crippen LogP contribution in [0.15, 0.2) is 102 Å². The van der Waals surface area contributed by atoms with E-state index >= 15 is 0 Å². The average Bonchev–Trinajstić information content (AvgIpc) is 3.53. The summed E-state index contributed by atoms with van der Waals surface area (Å²) in [5.41, 5.74) is 7.21. The van der Waals surface area contributed by atoms with Gasteiger partial charge in [-0.1, -0.05) is 84.9 Å². The minimum absolute atomic E-state index is 0.00955. The van der Waals surface area contributed by atoms with Crippen molar-refractivity contribution in [2.24, 2.45) is 5.92 Å². The van der Waals surface area contributed by atoms with Gasteiger partial charge in [0.25, 0.3) is 0 Å². The molecule has 7 nitrogen and oxygen atoms in total. The van der Waals surface area contributed by atoms with Gasteiger partial charge < -0.3 is 19.8 Å². The molecule has 1 aliphatic heterocycles. The number of aromatic nitrogens is 2. The van der Waals surface area contributed by atoms with E-state index in [1.54, 1.807) is 0 Å². The number of hydrogen-bond donors (Lipinski definition) is 2. The van der Waals surface area contributed by atoms with Crippen LogP contribution in [0, 0.1) is 12.8 Å². The zero-order valence-electron chi connectivity index (χ0n) is 26.7. The molecule has 242 valence electrons. The Labute approximate surface area is 284 Å². The topological polar surface area (TPSA) is 93.3 Å². The van der Waals surface area contributed by atoms with E-state index in [9.17, 15) is 9.59 Å². The molecule has 0 aliphatic carbocycles. The smallest absolute Gasteiger partial charge is 0.306 e. The summed E-state index contributed by atoms with van der Waals surface area (Å²) in [7, 11) is 1.38. The number of Topliss-reactive ketones (excluding diaryl/α,β-unsaturated/α-hetero) is 1. The summed E-state index contributed by atoms with van der Waals surface area (Å²) in [4.78, 5) is 35.2. The Bertz CT molecular complexity index is 1780. The number of aryl methyl sites for hydroxylation is 2. The Balaban J connectivity index is 1.14. The van der Waals surface area contributed by atoms with Crippen molar-refractivity contribution in [1.29, 1.82) is 0 Å². The maximum Gasteiger partial charge on any atom is 0.306 e. The van der Waals surface area contributed by atoms with E-state index in [4.69, 9.17) is 14.5 Å². The van der Waals surface area contributed by atoms with E-state index in [2.05, 4.69) is 51.4 Å². The van der Waals surface area contributed by atoms with Crippen LogP contribution in [-0.2, 0) is 31.9 Å². The third-order valence-corrected chi connectivity index (χ3v) is 9.69. The number of methoxy groups -OCH3 is 1. The van der Waals surface area contributed by atoms with Crippen LogP contribution in [0.4, 0.5) is 0 Å². The van der Waals surface area contributed by atoms with E-state index in [0.29, 0.717) is 13.2 Å². The molecule has 0 radical (unpaired) electrons. The number of carbonyl (C=O) groups is 2. The molecule has 0 bridgehead atoms. The Kier molecular flexibility index (Phi) is 10.6. The van der Waals surface area contributed by atoms with Gasteiger partial charge in [0.1, 0.15) is 17.1 Å². The molecule has 8 heteroatoms. The van der Waals surface area contributed by atoms with Gasteiger partial charge in [-0.15, -0.1) is 0 Å². The van der Waals surface area contributed by atoms with Crippen LogP contribution >= 0.6 is 15.9 Å². The maximum absolute atomic E-state index is 14.2. The molecule has 0 spiro atoms. The van der Waals surface area contributed by atoms with Gasteiger partial charge >= 0.3 is 5.97 Å². The number of halogens is 1. The van der Waals surface area contributed by atoms with E-state index in [-0.39, 0.29) is 42.7 Å². The van der Waals surface area contributed by atoms with Crippen molar-refractivity contribution in [3.8, 4) is 0 Å². The molecule has 1 fully saturated rings. The van der Waals surface area contributed by atoms with Gasteiger partial charge in [0.05, 0.1) is 37.8 Å². The molecule has 1 aromatic heterocycles. The number of benzene rings is 4. The molecule has 3 atom stereocenters. The van der Waals surface area contributed by atoms with E-state index in [1.165, 1.54) is 12.7 Å². The SMILES string of the molecule is COC(=O)C[C@H](C(=O)Cc1ccccc1CC[C@@H]1CN[C@H](c2nc3c(Br)cc(C)cc3[nH]2)CO1)C(c1ccccc1)c1ccccc1. The summed E-state index contributed by atoms with van der Waals surface area (Å²) in [6.45, 7) is 3.30. The Hall–Kier alpha value is -4.11. The van der Waals surface area contributed by atoms with Crippen LogP contribution in [-0.4, -0.2) is 48.1 Å². The highest BCUT2D eigenvalue weighted by molar-refractivity contribution is 9.10. The van der Waals surface area contributed by atoms with Crippen molar-refractivity contribution in [3.63, 3.8) is 0 Å². The second kappa shape index (κ2) is 15.2. The molecular weight excluding hydrogens is 654 g/mol. The molecule has 47 heavy (non-hydrogen) atoms. The van der Waals surface area contributed by atoms with E-state index < -0.39 is 5.92 Å². The average molecular weight is 695 g/mol. The monoisotopic (exact) mass is 693 g/mol. The van der Waals surface area contributed by atoms with Crippen LogP contribution in [0.3, 0.4) is 0 Å². The highest BCUT2D eigenvalue weighted by atomic mass is 79.9. The van der Waals surface area contributed by atoms with Gasteiger partial charge in [0, 0.05) is 29.3 Å². The number of morpholine rings is 1. The Morgan fingerprint density at radius 1 is 0.957 bits per heavy atom. The number of nitrogens with one attached hydrogen (secondary N) is 2. The molecule has 2 N–H and O–H groups in total. The fourth-order valence-electron chi connectivity index (χ4n) is 6.65. The molecule has 0 saturated carbocycles. The first-order valence-electron chi connectivity index (χ1n) is 16.2. The summed E-state index contributed by atoms with van der Waals surface area (Å²) in [6, 6.07) is 32.2. The second-order valence-electron chi connectivity index (χ2n) is 12.3. The second-order valence-corrected chi connectivity index (χ2v) is 13.2. The largest absolute Gasteiger partial charge is 0.469 e. The standard InChI is InChI=1S/C39H40BrN3O4/c1-25-19-32(40)38-33(20-25)42-39(43-38)34-24-47-30(23-41-34)18-17-26-11-9-10-16-29(26)21-35(44)31(22-36(45)46-2)37(27-12-5-3-6-13-27)28-14-7-4-8-15-28/h3-16,19-20,30-31,34,37,41H,17-18,21-24H2,1-2H3,(H,42,43)/t30-,31-,34+/m1/s1. The minimum Gasteiger partial charge on any atom is -0.469 e. The highest BCUT2D eigenvalue weighted by Gasteiger charge is 2.33. The zero-order chi connectivity index (χ0) is 32.8. The number of fused-ring (bicyclic) bond motifs is 1. The van der Waals surface area contributed by atoms with Gasteiger partial charge in [-0.05, 0) is 75.6 Å². The first-order valence-corrected chi connectivity index (χ1v) is 17.0. The molecule has 4 aromatic carbocycles. The summed E-state index contributed by atoms with van der Waals surface area (Å²) in [5, 5.41) is 3.61. The molecule has 0 unspecified atom stereocenters. The number of ketones is 1. The molecule has 1 aliphatic rings. The molecule has 6 rings (SSSR count). The lowest BCUT2D eigenvalue weighted by atomic mass is 9.75. The fourth-order valence-corrected chi connectivity index (χ4v) is 7.31. The zero-order valence-corrected chi connectivity index (χ0v) is 28.3. The molecule has 5 aromatic rings. The van der Waals surface area contributed by atoms with Crippen molar-refractivity contribution in [3.05, 3.63) is 135 Å². The van der Waals surface area contributed by atoms with Gasteiger partial charge in [0.2, 0.25) is 0 Å². The molecule has 2 heterocycles. The molecule has 0 amide bonds. The number of imidazole rings is 1. The number of ether oxygens (including phenoxy) is 2. The summed E-state index contributed by atoms with van der Waals surface area (Å²) in [5.74, 6) is -0.348. The van der Waals surface area contributed by atoms with E-state index in [1.807, 2.05) is 78.9 Å². The number of H-pyrrole nitrogens is 1. The third kappa shape index (κ3) is 7.89. The van der Waals surface area contributed by atoms with Crippen molar-refractivity contribution in [2.75, 3.05) is 20.3 Å². The van der Waals surface area contributed by atoms with Gasteiger partial charge in [-0.3, -0.25) is 9.59 Å². The van der Waals surface area contributed by atoms with Crippen LogP contribution in [0.2, 0.25) is 0 Å². The number of rotatable bonds is 12. The van der Waals surface area contributed by atoms with Crippen molar-refractivity contribution in [1.82, 2.24) is 15.3 Å². The number of aromatic amines is 1. The molecular formula is C39H40BrN3O4. The van der Waals surface area contributed by atoms with Gasteiger partial charge in [-0.25, -0.2) is 4.98 Å². The first-order chi connectivity index (χ1) is 22.9. The van der Waals surface area contributed by atoms with Crippen LogP contribution in [0.5, 0.6) is 0 Å². The number of hydrogen-bond acceptors (Lipinski definition) is 6. The summed E-state index contributed by atoms with van der Waals surface area (Å²) in [6.07, 6.45) is 1.89. The Morgan fingerprint density at radius 3 is 2.26 bits per heavy atom. The van der Waals surface area contributed by atoms with Crippen LogP contribution in [0.1, 0.15) is 58.4 Å². The summed E-state index contributed by atoms with van der Waals surface area (Å²) >= 11 is 3.63. The first kappa shape index (κ1) is 32.8. The normalized spacial score (nSPS) is 17.1. The summed E-state index contributed by atoms with van der Waals surface area (Å²) < 4.78 is 12.4. The third-order valence-electron chi connectivity index (χ3n) is 9.09. The van der Waals surface area contributed by atoms with Crippen LogP contribution < -0.4 is 5.32 Å². The predicted molar refractivity (Wildman–Crippen MR) is 187 cm³/mol. The van der Waals surface area contributed by atoms with Gasteiger partial charge in [-0.2, -0.15) is 0 Å². The quantitative estimate of drug-likeness (QED) is 0.132. The lowest BCUT2D eigenvalue weighted by molar-refractivity contribution is -0.144. The Morgan fingerprint density at radius 2 is 1.62 bits per heavy atom. The van der Waals surface area contributed by atoms with Crippen molar-refractivity contribution < 1.29 is 19.1 Å². The van der Waals surface area contributed by atoms with Crippen molar-refractivity contribution >= 4 is 38.7 Å². The number of nitrogens with zero attached hydrogens (tertiary/aromatic N) is 1. The predicted octanol–water partition coefficient (Wildman–Crippen LogP) is 7.42. The molecule has 1 saturated heterocycles. The number of carbonyl (C=O) groups excluding carboxylic acids is 2. The fraction of sp³-hybridized carbons (Fsp3) is 0.308. The highest BCUT2D eigenvalue weighted by Crippen LogP contribution is 2.36. The lowest BCUT2D eigenvalue weighted by Crippen LogP contribution is -2.41. The minimum atomic E-state index is -0.578. The van der Waals surface area contributed by atoms with Crippen LogP contribution in [0.25, 0.3) is 11.0 Å². The van der Waals surface area contributed by atoms with Crippen molar-refractivity contribution in [2.45, 2.75) is 50.7 Å². The maximum atomic E-state index is 14.2. The lowest BCUT2D eigenvalue weighted by Gasteiger charge is -2.29. The number of esters is 1. The van der Waals surface area contributed by atoms with Gasteiger partial charge in [0.15, 0.2) is 0 Å².